The average molecular weight is 347 g/mol. The maximum atomic E-state index is 12.9. The van der Waals surface area contributed by atoms with Crippen LogP contribution in [0, 0.1) is 0 Å². The zero-order valence-corrected chi connectivity index (χ0v) is 13.4. The number of rotatable bonds is 4. The van der Waals surface area contributed by atoms with Gasteiger partial charge in [-0.3, -0.25) is 4.79 Å². The summed E-state index contributed by atoms with van der Waals surface area (Å²) in [6.07, 6.45) is -1.79. The molecule has 1 heterocycles. The van der Waals surface area contributed by atoms with E-state index in [0.29, 0.717) is 17.0 Å². The zero-order chi connectivity index (χ0) is 17.1. The van der Waals surface area contributed by atoms with E-state index in [4.69, 9.17) is 16.3 Å². The number of nitrogens with zero attached hydrogens (tertiary/aromatic N) is 2. The van der Waals surface area contributed by atoms with Crippen molar-refractivity contribution in [2.24, 2.45) is 0 Å². The third-order valence-electron chi connectivity index (χ3n) is 3.61. The maximum Gasteiger partial charge on any atom is 0.431 e. The molecule has 0 radical (unpaired) electrons. The molecular formula is C17H15ClN2O4. The van der Waals surface area contributed by atoms with Crippen LogP contribution in [0.15, 0.2) is 54.6 Å². The minimum absolute atomic E-state index is 0.221. The standard InChI is InChI=1S/C17H15ClN2O4/c18-11-10-15-20(16(21)13-8-4-5-9-14(13)24-15)19(17(22)23)12-6-2-1-3-7-12/h1-9,15H,10-11H2,(H,22,23). The average Bonchev–Trinajstić information content (AvgIpc) is 2.59. The summed E-state index contributed by atoms with van der Waals surface area (Å²) in [6, 6.07) is 15.1. The minimum Gasteiger partial charge on any atom is -0.468 e. The number of hydrogen-bond acceptors (Lipinski definition) is 3. The van der Waals surface area contributed by atoms with Gasteiger partial charge >= 0.3 is 6.09 Å². The number of anilines is 1. The highest BCUT2D eigenvalue weighted by Crippen LogP contribution is 2.32. The molecule has 0 fully saturated rings. The van der Waals surface area contributed by atoms with Crippen molar-refractivity contribution in [1.82, 2.24) is 5.01 Å². The van der Waals surface area contributed by atoms with Gasteiger partial charge in [-0.05, 0) is 24.3 Å². The molecule has 0 saturated carbocycles. The first-order valence-corrected chi connectivity index (χ1v) is 7.90. The third-order valence-corrected chi connectivity index (χ3v) is 3.83. The van der Waals surface area contributed by atoms with Gasteiger partial charge in [0.15, 0.2) is 6.23 Å². The van der Waals surface area contributed by atoms with Gasteiger partial charge < -0.3 is 9.84 Å². The van der Waals surface area contributed by atoms with E-state index in [0.717, 1.165) is 10.0 Å². The van der Waals surface area contributed by atoms with Gasteiger partial charge in [0.25, 0.3) is 5.91 Å². The predicted molar refractivity (Wildman–Crippen MR) is 89.3 cm³/mol. The quantitative estimate of drug-likeness (QED) is 0.859. The van der Waals surface area contributed by atoms with Crippen molar-refractivity contribution in [3.8, 4) is 5.75 Å². The largest absolute Gasteiger partial charge is 0.468 e. The van der Waals surface area contributed by atoms with E-state index in [1.165, 1.54) is 0 Å². The molecule has 0 spiro atoms. The van der Waals surface area contributed by atoms with E-state index in [1.54, 1.807) is 54.6 Å². The number of hydrazine groups is 1. The van der Waals surface area contributed by atoms with Gasteiger partial charge in [-0.2, -0.15) is 10.0 Å². The van der Waals surface area contributed by atoms with E-state index < -0.39 is 18.2 Å². The molecule has 0 aromatic heterocycles. The molecule has 1 N–H and O–H groups in total. The lowest BCUT2D eigenvalue weighted by molar-refractivity contribution is 0.00386. The number of halogens is 1. The SMILES string of the molecule is O=C(O)N(c1ccccc1)N1C(=O)c2ccccc2OC1CCCl. The van der Waals surface area contributed by atoms with Crippen molar-refractivity contribution >= 4 is 29.3 Å². The molecule has 24 heavy (non-hydrogen) atoms. The topological polar surface area (TPSA) is 70.1 Å². The van der Waals surface area contributed by atoms with Crippen LogP contribution in [0.25, 0.3) is 0 Å². The van der Waals surface area contributed by atoms with Gasteiger partial charge in [0.05, 0.1) is 11.3 Å². The van der Waals surface area contributed by atoms with Crippen molar-refractivity contribution in [3.05, 3.63) is 60.2 Å². The highest BCUT2D eigenvalue weighted by Gasteiger charge is 2.40. The Bertz CT molecular complexity index is 753. The first kappa shape index (κ1) is 16.1. The summed E-state index contributed by atoms with van der Waals surface area (Å²) >= 11 is 5.82. The molecule has 2 amide bonds. The van der Waals surface area contributed by atoms with Crippen LogP contribution in [0.4, 0.5) is 10.5 Å². The molecule has 2 aromatic carbocycles. The highest BCUT2D eigenvalue weighted by molar-refractivity contribution is 6.17. The molecule has 6 nitrogen and oxygen atoms in total. The molecule has 1 aliphatic heterocycles. The smallest absolute Gasteiger partial charge is 0.431 e. The molecule has 0 saturated heterocycles. The van der Waals surface area contributed by atoms with E-state index in [1.807, 2.05) is 0 Å². The van der Waals surface area contributed by atoms with Gasteiger partial charge in [0.2, 0.25) is 0 Å². The second-order valence-corrected chi connectivity index (χ2v) is 5.50. The van der Waals surface area contributed by atoms with Crippen molar-refractivity contribution in [3.63, 3.8) is 0 Å². The zero-order valence-electron chi connectivity index (χ0n) is 12.6. The van der Waals surface area contributed by atoms with E-state index in [9.17, 15) is 14.7 Å². The number of para-hydroxylation sites is 2. The second kappa shape index (κ2) is 6.80. The fourth-order valence-electron chi connectivity index (χ4n) is 2.59. The minimum atomic E-state index is -1.28. The monoisotopic (exact) mass is 346 g/mol. The van der Waals surface area contributed by atoms with Crippen LogP contribution >= 0.6 is 11.6 Å². The molecule has 1 unspecified atom stereocenters. The Kier molecular flexibility index (Phi) is 4.57. The van der Waals surface area contributed by atoms with E-state index in [-0.39, 0.29) is 12.3 Å². The Labute approximate surface area is 143 Å². The van der Waals surface area contributed by atoms with Gasteiger partial charge in [0.1, 0.15) is 5.75 Å². The summed E-state index contributed by atoms with van der Waals surface area (Å²) in [7, 11) is 0. The number of benzene rings is 2. The molecule has 0 bridgehead atoms. The number of carboxylic acid groups (broad SMARTS) is 1. The van der Waals surface area contributed by atoms with Crippen LogP contribution in [-0.4, -0.2) is 34.2 Å². The molecule has 1 aliphatic rings. The summed E-state index contributed by atoms with van der Waals surface area (Å²) in [5, 5.41) is 11.7. The second-order valence-electron chi connectivity index (χ2n) is 5.13. The normalized spacial score (nSPS) is 16.3. The Morgan fingerprint density at radius 2 is 1.83 bits per heavy atom. The summed E-state index contributed by atoms with van der Waals surface area (Å²) in [5.74, 6) is 0.198. The van der Waals surface area contributed by atoms with Gasteiger partial charge in [-0.15, -0.1) is 11.6 Å². The van der Waals surface area contributed by atoms with Gasteiger partial charge in [0, 0.05) is 12.3 Å². The fourth-order valence-corrected chi connectivity index (χ4v) is 2.77. The number of hydrogen-bond donors (Lipinski definition) is 1. The number of alkyl halides is 1. The third kappa shape index (κ3) is 2.88. The van der Waals surface area contributed by atoms with Crippen molar-refractivity contribution < 1.29 is 19.4 Å². The van der Waals surface area contributed by atoms with Crippen LogP contribution in [0.1, 0.15) is 16.8 Å². The maximum absolute atomic E-state index is 12.9. The molecule has 2 aromatic rings. The van der Waals surface area contributed by atoms with E-state index >= 15 is 0 Å². The Morgan fingerprint density at radius 3 is 2.50 bits per heavy atom. The Balaban J connectivity index is 2.08. The van der Waals surface area contributed by atoms with Crippen LogP contribution in [0.5, 0.6) is 5.75 Å². The molecule has 1 atom stereocenters. The lowest BCUT2D eigenvalue weighted by Gasteiger charge is -2.41. The Hall–Kier alpha value is -2.73. The highest BCUT2D eigenvalue weighted by atomic mass is 35.5. The van der Waals surface area contributed by atoms with Crippen LogP contribution in [0.2, 0.25) is 0 Å². The first-order valence-electron chi connectivity index (χ1n) is 7.36. The molecule has 3 rings (SSSR count). The number of carbonyl (C=O) groups is 2. The van der Waals surface area contributed by atoms with Crippen molar-refractivity contribution in [2.45, 2.75) is 12.6 Å². The molecular weight excluding hydrogens is 332 g/mol. The summed E-state index contributed by atoms with van der Waals surface area (Å²) in [6.45, 7) is 0. The van der Waals surface area contributed by atoms with Crippen LogP contribution < -0.4 is 9.75 Å². The number of fused-ring (bicyclic) bond motifs is 1. The fraction of sp³-hybridized carbons (Fsp3) is 0.176. The number of amides is 2. The number of ether oxygens (including phenoxy) is 1. The lowest BCUT2D eigenvalue weighted by Crippen LogP contribution is -2.58. The predicted octanol–water partition coefficient (Wildman–Crippen LogP) is 3.58. The summed E-state index contributed by atoms with van der Waals surface area (Å²) in [5.41, 5.74) is 0.659. The lowest BCUT2D eigenvalue weighted by atomic mass is 10.1. The molecule has 0 aliphatic carbocycles. The van der Waals surface area contributed by atoms with Crippen LogP contribution in [-0.2, 0) is 0 Å². The van der Waals surface area contributed by atoms with E-state index in [2.05, 4.69) is 0 Å². The summed E-state index contributed by atoms with van der Waals surface area (Å²) < 4.78 is 5.82. The number of carbonyl (C=O) groups excluding carboxylic acids is 1. The van der Waals surface area contributed by atoms with Crippen LogP contribution in [0.3, 0.4) is 0 Å². The Morgan fingerprint density at radius 1 is 1.17 bits per heavy atom. The van der Waals surface area contributed by atoms with Gasteiger partial charge in [-0.25, -0.2) is 4.79 Å². The molecule has 124 valence electrons. The first-order chi connectivity index (χ1) is 11.6. The van der Waals surface area contributed by atoms with Crippen molar-refractivity contribution in [1.29, 1.82) is 0 Å². The van der Waals surface area contributed by atoms with Gasteiger partial charge in [-0.1, -0.05) is 30.3 Å². The van der Waals surface area contributed by atoms with Crippen molar-refractivity contribution in [2.75, 3.05) is 10.9 Å². The molecule has 7 heteroatoms. The summed E-state index contributed by atoms with van der Waals surface area (Å²) in [4.78, 5) is 24.8.